The smallest absolute Gasteiger partial charge is 0.211 e. The maximum atomic E-state index is 10.2. The Bertz CT molecular complexity index is 292. The molecule has 0 saturated heterocycles. The summed E-state index contributed by atoms with van der Waals surface area (Å²) in [6, 6.07) is 8.06. The molecule has 1 aromatic carbocycles. The highest BCUT2D eigenvalue weighted by Crippen LogP contribution is 2.40. The van der Waals surface area contributed by atoms with Crippen LogP contribution < -0.4 is 5.32 Å². The predicted molar refractivity (Wildman–Crippen MR) is 48.1 cm³/mol. The monoisotopic (exact) mass is 161 g/mol. The lowest BCUT2D eigenvalue weighted by Gasteiger charge is -2.01. The molecule has 2 heteroatoms. The third-order valence-electron chi connectivity index (χ3n) is 2.16. The minimum absolute atomic E-state index is 0.714. The van der Waals surface area contributed by atoms with Gasteiger partial charge >= 0.3 is 0 Å². The number of carbonyl (C=O) groups is 1. The molecule has 1 saturated carbocycles. The van der Waals surface area contributed by atoms with Gasteiger partial charge < -0.3 is 5.32 Å². The van der Waals surface area contributed by atoms with E-state index in [1.165, 1.54) is 18.4 Å². The summed E-state index contributed by atoms with van der Waals surface area (Å²) in [4.78, 5) is 10.2. The van der Waals surface area contributed by atoms with Crippen molar-refractivity contribution in [1.29, 1.82) is 0 Å². The van der Waals surface area contributed by atoms with Gasteiger partial charge in [0.25, 0.3) is 0 Å². The van der Waals surface area contributed by atoms with Crippen molar-refractivity contribution < 1.29 is 4.79 Å². The van der Waals surface area contributed by atoms with E-state index in [0.717, 1.165) is 11.6 Å². The van der Waals surface area contributed by atoms with Gasteiger partial charge in [-0.05, 0) is 36.5 Å². The van der Waals surface area contributed by atoms with Crippen LogP contribution >= 0.6 is 0 Å². The molecular weight excluding hydrogens is 150 g/mol. The fourth-order valence-corrected chi connectivity index (χ4v) is 1.37. The van der Waals surface area contributed by atoms with Crippen molar-refractivity contribution >= 4 is 12.1 Å². The number of hydrogen-bond donors (Lipinski definition) is 1. The van der Waals surface area contributed by atoms with E-state index in [1.54, 1.807) is 0 Å². The van der Waals surface area contributed by atoms with Crippen molar-refractivity contribution in [3.8, 4) is 0 Å². The fraction of sp³-hybridized carbons (Fsp3) is 0.300. The van der Waals surface area contributed by atoms with Gasteiger partial charge in [-0.3, -0.25) is 4.79 Å². The van der Waals surface area contributed by atoms with E-state index in [2.05, 4.69) is 11.4 Å². The number of hydrogen-bond acceptors (Lipinski definition) is 1. The van der Waals surface area contributed by atoms with Crippen LogP contribution in [0.5, 0.6) is 0 Å². The molecule has 12 heavy (non-hydrogen) atoms. The lowest BCUT2D eigenvalue weighted by atomic mass is 10.1. The van der Waals surface area contributed by atoms with E-state index in [0.29, 0.717) is 6.41 Å². The number of rotatable bonds is 3. The Kier molecular flexibility index (Phi) is 1.82. The minimum atomic E-state index is 0.714. The lowest BCUT2D eigenvalue weighted by Crippen LogP contribution is -1.93. The van der Waals surface area contributed by atoms with Crippen molar-refractivity contribution in [3.63, 3.8) is 0 Å². The van der Waals surface area contributed by atoms with Crippen molar-refractivity contribution in [2.24, 2.45) is 0 Å². The summed E-state index contributed by atoms with van der Waals surface area (Å²) in [5.41, 5.74) is 2.25. The Morgan fingerprint density at radius 1 is 1.42 bits per heavy atom. The molecule has 1 aliphatic rings. The molecule has 0 heterocycles. The summed E-state index contributed by atoms with van der Waals surface area (Å²) in [5, 5.41) is 2.65. The molecule has 1 N–H and O–H groups in total. The summed E-state index contributed by atoms with van der Waals surface area (Å²) in [6.45, 7) is 0. The first-order valence-electron chi connectivity index (χ1n) is 4.20. The standard InChI is InChI=1S/C10H11NO/c12-7-11-10-3-1-2-9(6-10)8-4-5-8/h1-3,6-8H,4-5H2,(H,11,12). The maximum absolute atomic E-state index is 10.2. The minimum Gasteiger partial charge on any atom is -0.329 e. The van der Waals surface area contributed by atoms with E-state index in [4.69, 9.17) is 0 Å². The quantitative estimate of drug-likeness (QED) is 0.676. The van der Waals surface area contributed by atoms with E-state index in [-0.39, 0.29) is 0 Å². The van der Waals surface area contributed by atoms with Crippen LogP contribution in [-0.4, -0.2) is 6.41 Å². The van der Waals surface area contributed by atoms with Crippen LogP contribution in [0.3, 0.4) is 0 Å². The second kappa shape index (κ2) is 2.97. The van der Waals surface area contributed by atoms with Crippen LogP contribution in [-0.2, 0) is 4.79 Å². The molecule has 2 nitrogen and oxygen atoms in total. The van der Waals surface area contributed by atoms with Crippen LogP contribution in [0.4, 0.5) is 5.69 Å². The number of nitrogens with one attached hydrogen (secondary N) is 1. The molecule has 0 aliphatic heterocycles. The predicted octanol–water partition coefficient (Wildman–Crippen LogP) is 2.13. The van der Waals surface area contributed by atoms with Gasteiger partial charge in [-0.15, -0.1) is 0 Å². The van der Waals surface area contributed by atoms with Gasteiger partial charge in [0.2, 0.25) is 6.41 Å². The molecule has 0 spiro atoms. The highest BCUT2D eigenvalue weighted by molar-refractivity contribution is 5.71. The fourth-order valence-electron chi connectivity index (χ4n) is 1.37. The number of carbonyl (C=O) groups excluding carboxylic acids is 1. The molecular formula is C10H11NO. The Hall–Kier alpha value is -1.31. The summed E-state index contributed by atoms with van der Waals surface area (Å²) < 4.78 is 0. The molecule has 0 aromatic heterocycles. The summed E-state index contributed by atoms with van der Waals surface area (Å²) >= 11 is 0. The number of benzene rings is 1. The third-order valence-corrected chi connectivity index (χ3v) is 2.16. The molecule has 1 fully saturated rings. The topological polar surface area (TPSA) is 29.1 Å². The van der Waals surface area contributed by atoms with Gasteiger partial charge in [-0.2, -0.15) is 0 Å². The van der Waals surface area contributed by atoms with Gasteiger partial charge in [0.05, 0.1) is 0 Å². The molecule has 0 bridgehead atoms. The zero-order valence-electron chi connectivity index (χ0n) is 6.79. The van der Waals surface area contributed by atoms with E-state index < -0.39 is 0 Å². The molecule has 1 amide bonds. The molecule has 0 unspecified atom stereocenters. The van der Waals surface area contributed by atoms with Gasteiger partial charge in [0.15, 0.2) is 0 Å². The average Bonchev–Trinajstić information content (AvgIpc) is 2.88. The normalized spacial score (nSPS) is 15.7. The molecule has 0 atom stereocenters. The first-order valence-corrected chi connectivity index (χ1v) is 4.20. The van der Waals surface area contributed by atoms with Crippen molar-refractivity contribution in [3.05, 3.63) is 29.8 Å². The summed E-state index contributed by atoms with van der Waals surface area (Å²) in [6.07, 6.45) is 3.31. The van der Waals surface area contributed by atoms with Crippen LogP contribution in [0.15, 0.2) is 24.3 Å². The summed E-state index contributed by atoms with van der Waals surface area (Å²) in [7, 11) is 0. The second-order valence-corrected chi connectivity index (χ2v) is 3.16. The van der Waals surface area contributed by atoms with Crippen molar-refractivity contribution in [2.75, 3.05) is 5.32 Å². The Labute approximate surface area is 71.6 Å². The Morgan fingerprint density at radius 2 is 2.25 bits per heavy atom. The van der Waals surface area contributed by atoms with Gasteiger partial charge in [-0.25, -0.2) is 0 Å². The van der Waals surface area contributed by atoms with Crippen LogP contribution in [0, 0.1) is 0 Å². The first kappa shape index (κ1) is 7.35. The van der Waals surface area contributed by atoms with Crippen molar-refractivity contribution in [2.45, 2.75) is 18.8 Å². The van der Waals surface area contributed by atoms with Crippen molar-refractivity contribution in [1.82, 2.24) is 0 Å². The Balaban J connectivity index is 2.20. The van der Waals surface area contributed by atoms with Crippen LogP contribution in [0.1, 0.15) is 24.3 Å². The van der Waals surface area contributed by atoms with E-state index >= 15 is 0 Å². The highest BCUT2D eigenvalue weighted by Gasteiger charge is 2.23. The zero-order valence-corrected chi connectivity index (χ0v) is 6.79. The maximum Gasteiger partial charge on any atom is 0.211 e. The van der Waals surface area contributed by atoms with Crippen LogP contribution in [0.25, 0.3) is 0 Å². The van der Waals surface area contributed by atoms with Gasteiger partial charge in [0.1, 0.15) is 0 Å². The molecule has 0 radical (unpaired) electrons. The largest absolute Gasteiger partial charge is 0.329 e. The molecule has 62 valence electrons. The Morgan fingerprint density at radius 3 is 2.92 bits per heavy atom. The second-order valence-electron chi connectivity index (χ2n) is 3.16. The van der Waals surface area contributed by atoms with Gasteiger partial charge in [0, 0.05) is 5.69 Å². The highest BCUT2D eigenvalue weighted by atomic mass is 16.1. The molecule has 1 aliphatic carbocycles. The SMILES string of the molecule is O=CNc1cccc(C2CC2)c1. The first-order chi connectivity index (χ1) is 5.90. The van der Waals surface area contributed by atoms with Gasteiger partial charge in [-0.1, -0.05) is 12.1 Å². The zero-order chi connectivity index (χ0) is 8.39. The van der Waals surface area contributed by atoms with E-state index in [9.17, 15) is 4.79 Å². The van der Waals surface area contributed by atoms with Crippen LogP contribution in [0.2, 0.25) is 0 Å². The molecule has 2 rings (SSSR count). The summed E-state index contributed by atoms with van der Waals surface area (Å²) in [5.74, 6) is 0.749. The number of anilines is 1. The third kappa shape index (κ3) is 1.47. The molecule has 1 aromatic rings. The lowest BCUT2D eigenvalue weighted by molar-refractivity contribution is -0.105. The van der Waals surface area contributed by atoms with E-state index in [1.807, 2.05) is 18.2 Å². The number of amides is 1. The average molecular weight is 161 g/mol.